The lowest BCUT2D eigenvalue weighted by atomic mass is 9.77. The van der Waals surface area contributed by atoms with Crippen LogP contribution in [-0.2, 0) is 12.6 Å². The molecule has 6 nitrogen and oxygen atoms in total. The molecule has 6 heteroatoms. The second kappa shape index (κ2) is 4.45. The van der Waals surface area contributed by atoms with Gasteiger partial charge in [-0.1, -0.05) is 24.9 Å². The van der Waals surface area contributed by atoms with E-state index in [9.17, 15) is 0 Å². The molecule has 2 aromatic rings. The molecule has 0 radical (unpaired) electrons. The highest BCUT2D eigenvalue weighted by Crippen LogP contribution is 2.37. The third-order valence-electron chi connectivity index (χ3n) is 3.85. The van der Waals surface area contributed by atoms with E-state index in [0.717, 1.165) is 24.8 Å². The molecule has 1 aliphatic rings. The van der Waals surface area contributed by atoms with Crippen LogP contribution in [-0.4, -0.2) is 19.9 Å². The molecule has 1 aliphatic carbocycles. The van der Waals surface area contributed by atoms with Crippen LogP contribution in [0, 0.1) is 5.92 Å². The molecule has 0 amide bonds. The number of aromatic nitrogens is 4. The van der Waals surface area contributed by atoms with Gasteiger partial charge in [0.15, 0.2) is 0 Å². The molecule has 102 valence electrons. The maximum absolute atomic E-state index is 6.45. The van der Waals surface area contributed by atoms with Crippen molar-refractivity contribution < 1.29 is 4.52 Å². The summed E-state index contributed by atoms with van der Waals surface area (Å²) in [5.74, 6) is 1.72. The van der Waals surface area contributed by atoms with E-state index in [1.807, 2.05) is 13.2 Å². The van der Waals surface area contributed by atoms with Gasteiger partial charge >= 0.3 is 0 Å². The van der Waals surface area contributed by atoms with Gasteiger partial charge in [-0.2, -0.15) is 10.1 Å². The van der Waals surface area contributed by atoms with Gasteiger partial charge in [0.25, 0.3) is 0 Å². The maximum Gasteiger partial charge on any atom is 0.247 e. The molecular weight excluding hydrogens is 242 g/mol. The van der Waals surface area contributed by atoms with Gasteiger partial charge in [-0.15, -0.1) is 0 Å². The van der Waals surface area contributed by atoms with Gasteiger partial charge in [0.2, 0.25) is 11.7 Å². The molecule has 2 heterocycles. The number of nitrogens with zero attached hydrogens (tertiary/aromatic N) is 4. The molecule has 2 N–H and O–H groups in total. The van der Waals surface area contributed by atoms with Crippen molar-refractivity contribution in [2.75, 3.05) is 0 Å². The zero-order valence-corrected chi connectivity index (χ0v) is 11.3. The number of rotatable bonds is 2. The van der Waals surface area contributed by atoms with Crippen molar-refractivity contribution in [1.29, 1.82) is 0 Å². The summed E-state index contributed by atoms with van der Waals surface area (Å²) in [6, 6.07) is 0. The predicted molar refractivity (Wildman–Crippen MR) is 70.0 cm³/mol. The van der Waals surface area contributed by atoms with Crippen LogP contribution in [0.3, 0.4) is 0 Å². The fourth-order valence-corrected chi connectivity index (χ4v) is 2.87. The minimum absolute atomic E-state index is 0.467. The van der Waals surface area contributed by atoms with E-state index in [2.05, 4.69) is 22.2 Å². The largest absolute Gasteiger partial charge is 0.337 e. The SMILES string of the molecule is CC1CCCC(N)(c2nc(-c3cnn(C)c3)no2)C1. The Morgan fingerprint density at radius 3 is 3.05 bits per heavy atom. The summed E-state index contributed by atoms with van der Waals surface area (Å²) in [7, 11) is 1.86. The molecule has 0 aliphatic heterocycles. The fourth-order valence-electron chi connectivity index (χ4n) is 2.87. The average molecular weight is 261 g/mol. The third-order valence-corrected chi connectivity index (χ3v) is 3.85. The highest BCUT2D eigenvalue weighted by Gasteiger charge is 2.37. The molecule has 1 saturated carbocycles. The first kappa shape index (κ1) is 12.3. The molecule has 0 spiro atoms. The van der Waals surface area contributed by atoms with Crippen molar-refractivity contribution >= 4 is 0 Å². The zero-order chi connectivity index (χ0) is 13.5. The highest BCUT2D eigenvalue weighted by molar-refractivity contribution is 5.51. The van der Waals surface area contributed by atoms with Crippen LogP contribution in [0.4, 0.5) is 0 Å². The average Bonchev–Trinajstić information content (AvgIpc) is 2.96. The Kier molecular flexibility index (Phi) is 2.89. The minimum Gasteiger partial charge on any atom is -0.337 e. The summed E-state index contributed by atoms with van der Waals surface area (Å²) in [6.45, 7) is 2.22. The smallest absolute Gasteiger partial charge is 0.247 e. The van der Waals surface area contributed by atoms with Gasteiger partial charge in [0.05, 0.1) is 17.3 Å². The van der Waals surface area contributed by atoms with Crippen molar-refractivity contribution in [3.05, 3.63) is 18.3 Å². The van der Waals surface area contributed by atoms with Gasteiger partial charge in [0, 0.05) is 13.2 Å². The maximum atomic E-state index is 6.45. The first-order valence-electron chi connectivity index (χ1n) is 6.69. The number of hydrogen-bond donors (Lipinski definition) is 1. The molecule has 2 aromatic heterocycles. The minimum atomic E-state index is -0.467. The second-order valence-electron chi connectivity index (χ2n) is 5.68. The summed E-state index contributed by atoms with van der Waals surface area (Å²) in [6.07, 6.45) is 7.74. The summed E-state index contributed by atoms with van der Waals surface area (Å²) >= 11 is 0. The van der Waals surface area contributed by atoms with Crippen molar-refractivity contribution in [2.24, 2.45) is 18.7 Å². The van der Waals surface area contributed by atoms with E-state index in [-0.39, 0.29) is 0 Å². The van der Waals surface area contributed by atoms with Crippen molar-refractivity contribution in [2.45, 2.75) is 38.1 Å². The third kappa shape index (κ3) is 2.28. The Labute approximate surface area is 112 Å². The lowest BCUT2D eigenvalue weighted by Gasteiger charge is -2.33. The van der Waals surface area contributed by atoms with Gasteiger partial charge in [0.1, 0.15) is 0 Å². The summed E-state index contributed by atoms with van der Waals surface area (Å²) in [5, 5.41) is 8.13. The normalized spacial score (nSPS) is 27.6. The second-order valence-corrected chi connectivity index (χ2v) is 5.68. The van der Waals surface area contributed by atoms with E-state index in [0.29, 0.717) is 17.6 Å². The Morgan fingerprint density at radius 2 is 2.37 bits per heavy atom. The van der Waals surface area contributed by atoms with Crippen molar-refractivity contribution in [3.8, 4) is 11.4 Å². The monoisotopic (exact) mass is 261 g/mol. The van der Waals surface area contributed by atoms with Crippen LogP contribution in [0.1, 0.15) is 38.5 Å². The van der Waals surface area contributed by atoms with Crippen LogP contribution >= 0.6 is 0 Å². The summed E-state index contributed by atoms with van der Waals surface area (Å²) in [5.41, 5.74) is 6.84. The Bertz CT molecular complexity index is 575. The van der Waals surface area contributed by atoms with Crippen molar-refractivity contribution in [1.82, 2.24) is 19.9 Å². The number of aryl methyl sites for hydroxylation is 1. The highest BCUT2D eigenvalue weighted by atomic mass is 16.5. The Balaban J connectivity index is 1.88. The summed E-state index contributed by atoms with van der Waals surface area (Å²) < 4.78 is 7.11. The van der Waals surface area contributed by atoms with E-state index >= 15 is 0 Å². The molecular formula is C13H19N5O. The molecule has 19 heavy (non-hydrogen) atoms. The number of nitrogens with two attached hydrogens (primary N) is 1. The first-order valence-corrected chi connectivity index (χ1v) is 6.69. The van der Waals surface area contributed by atoms with Crippen LogP contribution < -0.4 is 5.73 Å². The molecule has 1 fully saturated rings. The van der Waals surface area contributed by atoms with E-state index < -0.39 is 5.54 Å². The first-order chi connectivity index (χ1) is 9.07. The molecule has 2 unspecified atom stereocenters. The Hall–Kier alpha value is -1.69. The molecule has 0 saturated heterocycles. The van der Waals surface area contributed by atoms with Gasteiger partial charge in [-0.3, -0.25) is 4.68 Å². The van der Waals surface area contributed by atoms with Crippen LogP contribution in [0.25, 0.3) is 11.4 Å². The quantitative estimate of drug-likeness (QED) is 0.891. The van der Waals surface area contributed by atoms with Gasteiger partial charge in [-0.25, -0.2) is 0 Å². The Morgan fingerprint density at radius 1 is 1.53 bits per heavy atom. The predicted octanol–water partition coefficient (Wildman–Crippen LogP) is 1.83. The van der Waals surface area contributed by atoms with E-state index in [1.54, 1.807) is 10.9 Å². The molecule has 3 rings (SSSR count). The van der Waals surface area contributed by atoms with Crippen LogP contribution in [0.15, 0.2) is 16.9 Å². The van der Waals surface area contributed by atoms with E-state index in [1.165, 1.54) is 6.42 Å². The zero-order valence-electron chi connectivity index (χ0n) is 11.3. The molecule has 0 aromatic carbocycles. The topological polar surface area (TPSA) is 82.8 Å². The molecule has 2 atom stereocenters. The van der Waals surface area contributed by atoms with E-state index in [4.69, 9.17) is 10.3 Å². The lowest BCUT2D eigenvalue weighted by Crippen LogP contribution is -2.41. The van der Waals surface area contributed by atoms with Crippen molar-refractivity contribution in [3.63, 3.8) is 0 Å². The summed E-state index contributed by atoms with van der Waals surface area (Å²) in [4.78, 5) is 4.47. The standard InChI is InChI=1S/C13H19N5O/c1-9-4-3-5-13(14,6-9)12-16-11(17-19-12)10-7-15-18(2)8-10/h7-9H,3-6,14H2,1-2H3. The molecule has 0 bridgehead atoms. The van der Waals surface area contributed by atoms with Crippen LogP contribution in [0.2, 0.25) is 0 Å². The van der Waals surface area contributed by atoms with Crippen LogP contribution in [0.5, 0.6) is 0 Å². The lowest BCUT2D eigenvalue weighted by molar-refractivity contribution is 0.183. The van der Waals surface area contributed by atoms with Gasteiger partial charge in [-0.05, 0) is 18.8 Å². The van der Waals surface area contributed by atoms with Gasteiger partial charge < -0.3 is 10.3 Å². The fraction of sp³-hybridized carbons (Fsp3) is 0.615. The number of hydrogen-bond acceptors (Lipinski definition) is 5.